The minimum Gasteiger partial charge on any atom is -0.382 e. The van der Waals surface area contributed by atoms with Crippen molar-refractivity contribution in [2.75, 3.05) is 46.9 Å². The van der Waals surface area contributed by atoms with Gasteiger partial charge in [-0.15, -0.1) is 0 Å². The Morgan fingerprint density at radius 1 is 1.12 bits per heavy atom. The van der Waals surface area contributed by atoms with Crippen LogP contribution in [0, 0.1) is 5.92 Å². The lowest BCUT2D eigenvalue weighted by atomic mass is 9.86. The topological polar surface area (TPSA) is 66.0 Å². The molecule has 0 unspecified atom stereocenters. The number of carbonyl (C=O) groups is 1. The van der Waals surface area contributed by atoms with E-state index in [1.165, 1.54) is 38.5 Å². The molecule has 25 heavy (non-hydrogen) atoms. The van der Waals surface area contributed by atoms with E-state index in [2.05, 4.69) is 15.6 Å². The normalized spacial score (nSPS) is 15.9. The average molecular weight is 355 g/mol. The first-order valence-corrected chi connectivity index (χ1v) is 9.93. The van der Waals surface area contributed by atoms with Gasteiger partial charge in [0.2, 0.25) is 5.91 Å². The summed E-state index contributed by atoms with van der Waals surface area (Å²) in [5.41, 5.74) is 0. The van der Waals surface area contributed by atoms with Crippen LogP contribution >= 0.6 is 0 Å². The lowest BCUT2D eigenvalue weighted by Gasteiger charge is -2.21. The Labute approximate surface area is 153 Å². The molecule has 1 amide bonds. The van der Waals surface area contributed by atoms with Crippen molar-refractivity contribution in [3.63, 3.8) is 0 Å². The second-order valence-electron chi connectivity index (χ2n) is 7.00. The van der Waals surface area contributed by atoms with Crippen molar-refractivity contribution >= 4 is 11.9 Å². The summed E-state index contributed by atoms with van der Waals surface area (Å²) in [6.07, 6.45) is 10.4. The molecule has 0 aromatic carbocycles. The van der Waals surface area contributed by atoms with Crippen LogP contribution in [0.4, 0.5) is 0 Å². The molecule has 0 aliphatic heterocycles. The number of guanidine groups is 1. The molecule has 1 aliphatic rings. The SMILES string of the molecule is CCOCCCNC(=NCC(=O)N(C)C)NCCCC1CCCCC1. The summed E-state index contributed by atoms with van der Waals surface area (Å²) in [7, 11) is 3.51. The van der Waals surface area contributed by atoms with Crippen LogP contribution in [0.1, 0.15) is 58.3 Å². The highest BCUT2D eigenvalue weighted by Gasteiger charge is 2.12. The predicted molar refractivity (Wildman–Crippen MR) is 104 cm³/mol. The Balaban J connectivity index is 2.29. The molecule has 0 radical (unpaired) electrons. The number of hydrogen-bond acceptors (Lipinski definition) is 3. The molecule has 2 N–H and O–H groups in total. The third-order valence-corrected chi connectivity index (χ3v) is 4.64. The molecule has 0 saturated heterocycles. The number of aliphatic imine (C=N–C) groups is 1. The summed E-state index contributed by atoms with van der Waals surface area (Å²) in [4.78, 5) is 17.7. The molecule has 1 rings (SSSR count). The Morgan fingerprint density at radius 3 is 2.44 bits per heavy atom. The monoisotopic (exact) mass is 354 g/mol. The van der Waals surface area contributed by atoms with E-state index in [1.807, 2.05) is 6.92 Å². The summed E-state index contributed by atoms with van der Waals surface area (Å²) >= 11 is 0. The molecular formula is C19H38N4O2. The van der Waals surface area contributed by atoms with Gasteiger partial charge in [0.15, 0.2) is 5.96 Å². The zero-order valence-corrected chi connectivity index (χ0v) is 16.5. The van der Waals surface area contributed by atoms with E-state index in [0.29, 0.717) is 0 Å². The zero-order chi connectivity index (χ0) is 18.3. The fraction of sp³-hybridized carbons (Fsp3) is 0.895. The third kappa shape index (κ3) is 11.0. The van der Waals surface area contributed by atoms with Gasteiger partial charge in [-0.05, 0) is 32.1 Å². The molecule has 0 heterocycles. The van der Waals surface area contributed by atoms with E-state index in [1.54, 1.807) is 19.0 Å². The number of rotatable bonds is 11. The summed E-state index contributed by atoms with van der Waals surface area (Å²) in [5, 5.41) is 6.67. The molecule has 6 heteroatoms. The van der Waals surface area contributed by atoms with Crippen LogP contribution in [0.3, 0.4) is 0 Å². The van der Waals surface area contributed by atoms with Crippen molar-refractivity contribution in [3.8, 4) is 0 Å². The number of amides is 1. The maximum absolute atomic E-state index is 11.7. The molecule has 6 nitrogen and oxygen atoms in total. The average Bonchev–Trinajstić information content (AvgIpc) is 2.62. The Kier molecular flexibility index (Phi) is 12.1. The summed E-state index contributed by atoms with van der Waals surface area (Å²) in [6.45, 7) is 5.37. The largest absolute Gasteiger partial charge is 0.382 e. The summed E-state index contributed by atoms with van der Waals surface area (Å²) < 4.78 is 5.35. The number of likely N-dealkylation sites (N-methyl/N-ethyl adjacent to an activating group) is 1. The van der Waals surface area contributed by atoms with Crippen molar-refractivity contribution in [2.24, 2.45) is 10.9 Å². The molecule has 1 aliphatic carbocycles. The van der Waals surface area contributed by atoms with Gasteiger partial charge >= 0.3 is 0 Å². The van der Waals surface area contributed by atoms with E-state index in [-0.39, 0.29) is 12.5 Å². The van der Waals surface area contributed by atoms with Crippen LogP contribution < -0.4 is 10.6 Å². The quantitative estimate of drug-likeness (QED) is 0.340. The molecular weight excluding hydrogens is 316 g/mol. The van der Waals surface area contributed by atoms with Crippen LogP contribution in [-0.2, 0) is 9.53 Å². The fourth-order valence-electron chi connectivity index (χ4n) is 3.06. The first-order valence-electron chi connectivity index (χ1n) is 9.93. The lowest BCUT2D eigenvalue weighted by Crippen LogP contribution is -2.39. The maximum atomic E-state index is 11.7. The number of nitrogens with one attached hydrogen (secondary N) is 2. The highest BCUT2D eigenvalue weighted by atomic mass is 16.5. The van der Waals surface area contributed by atoms with Gasteiger partial charge in [0.05, 0.1) is 0 Å². The van der Waals surface area contributed by atoms with Gasteiger partial charge in [0.1, 0.15) is 6.54 Å². The zero-order valence-electron chi connectivity index (χ0n) is 16.5. The molecule has 1 saturated carbocycles. The van der Waals surface area contributed by atoms with Gasteiger partial charge in [-0.3, -0.25) is 4.79 Å². The number of nitrogens with zero attached hydrogens (tertiary/aromatic N) is 2. The van der Waals surface area contributed by atoms with Crippen molar-refractivity contribution < 1.29 is 9.53 Å². The van der Waals surface area contributed by atoms with E-state index >= 15 is 0 Å². The van der Waals surface area contributed by atoms with Gasteiger partial charge in [-0.25, -0.2) is 4.99 Å². The van der Waals surface area contributed by atoms with Gasteiger partial charge < -0.3 is 20.3 Å². The van der Waals surface area contributed by atoms with Gasteiger partial charge in [0.25, 0.3) is 0 Å². The van der Waals surface area contributed by atoms with Crippen molar-refractivity contribution in [1.82, 2.24) is 15.5 Å². The third-order valence-electron chi connectivity index (χ3n) is 4.64. The van der Waals surface area contributed by atoms with E-state index in [0.717, 1.165) is 51.0 Å². The highest BCUT2D eigenvalue weighted by molar-refractivity contribution is 5.84. The Hall–Kier alpha value is -1.30. The molecule has 0 atom stereocenters. The van der Waals surface area contributed by atoms with Crippen molar-refractivity contribution in [3.05, 3.63) is 0 Å². The summed E-state index contributed by atoms with van der Waals surface area (Å²) in [5.74, 6) is 1.65. The van der Waals surface area contributed by atoms with Crippen LogP contribution in [0.5, 0.6) is 0 Å². The molecule has 0 aromatic heterocycles. The van der Waals surface area contributed by atoms with Gasteiger partial charge in [-0.1, -0.05) is 32.1 Å². The number of carbonyl (C=O) groups excluding carboxylic acids is 1. The fourth-order valence-corrected chi connectivity index (χ4v) is 3.06. The smallest absolute Gasteiger partial charge is 0.243 e. The Morgan fingerprint density at radius 2 is 1.80 bits per heavy atom. The summed E-state index contributed by atoms with van der Waals surface area (Å²) in [6, 6.07) is 0. The number of ether oxygens (including phenoxy) is 1. The first kappa shape index (κ1) is 21.7. The molecule has 1 fully saturated rings. The predicted octanol–water partition coefficient (Wildman–Crippen LogP) is 2.40. The van der Waals surface area contributed by atoms with Gasteiger partial charge in [0, 0.05) is 40.4 Å². The minimum absolute atomic E-state index is 0.0117. The molecule has 0 aromatic rings. The lowest BCUT2D eigenvalue weighted by molar-refractivity contribution is -0.127. The van der Waals surface area contributed by atoms with E-state index < -0.39 is 0 Å². The molecule has 0 spiro atoms. The van der Waals surface area contributed by atoms with Crippen LogP contribution in [-0.4, -0.2) is 63.7 Å². The van der Waals surface area contributed by atoms with Crippen LogP contribution in [0.2, 0.25) is 0 Å². The minimum atomic E-state index is 0.0117. The van der Waals surface area contributed by atoms with Crippen molar-refractivity contribution in [2.45, 2.75) is 58.3 Å². The van der Waals surface area contributed by atoms with Crippen molar-refractivity contribution in [1.29, 1.82) is 0 Å². The van der Waals surface area contributed by atoms with Crippen LogP contribution in [0.15, 0.2) is 4.99 Å². The van der Waals surface area contributed by atoms with E-state index in [9.17, 15) is 4.79 Å². The molecule has 0 bridgehead atoms. The number of hydrogen-bond donors (Lipinski definition) is 2. The van der Waals surface area contributed by atoms with E-state index in [4.69, 9.17) is 4.74 Å². The second-order valence-corrected chi connectivity index (χ2v) is 7.00. The Bertz CT molecular complexity index is 380. The van der Waals surface area contributed by atoms with Gasteiger partial charge in [-0.2, -0.15) is 0 Å². The van der Waals surface area contributed by atoms with Crippen LogP contribution in [0.25, 0.3) is 0 Å². The standard InChI is InChI=1S/C19H38N4O2/c1-4-25-15-9-14-21-19(22-16-18(24)23(2)3)20-13-8-12-17-10-6-5-7-11-17/h17H,4-16H2,1-3H3,(H2,20,21,22). The molecule has 146 valence electrons. The first-order chi connectivity index (χ1) is 12.1. The maximum Gasteiger partial charge on any atom is 0.243 e. The second kappa shape index (κ2) is 13.9. The highest BCUT2D eigenvalue weighted by Crippen LogP contribution is 2.26.